The first-order valence-electron chi connectivity index (χ1n) is 12.5. The minimum atomic E-state index is -0.214. The van der Waals surface area contributed by atoms with Crippen LogP contribution in [0.2, 0.25) is 0 Å². The summed E-state index contributed by atoms with van der Waals surface area (Å²) in [6, 6.07) is 7.66. The molecule has 1 unspecified atom stereocenters. The average molecular weight is 483 g/mol. The number of benzene rings is 1. The molecule has 0 bridgehead atoms. The first-order chi connectivity index (χ1) is 17.0. The van der Waals surface area contributed by atoms with Gasteiger partial charge in [-0.05, 0) is 49.9 Å². The van der Waals surface area contributed by atoms with E-state index in [4.69, 9.17) is 18.9 Å². The molecule has 0 radical (unpaired) electrons. The molecule has 1 saturated heterocycles. The third kappa shape index (κ3) is 4.95. The molecule has 1 aromatic carbocycles. The van der Waals surface area contributed by atoms with Crippen molar-refractivity contribution in [3.63, 3.8) is 0 Å². The molecule has 1 saturated carbocycles. The summed E-state index contributed by atoms with van der Waals surface area (Å²) in [5.41, 5.74) is 3.73. The van der Waals surface area contributed by atoms with Crippen molar-refractivity contribution in [2.24, 2.45) is 5.92 Å². The van der Waals surface area contributed by atoms with E-state index in [1.165, 1.54) is 0 Å². The summed E-state index contributed by atoms with van der Waals surface area (Å²) in [6.45, 7) is 4.72. The van der Waals surface area contributed by atoms with Crippen LogP contribution in [0, 0.1) is 12.8 Å². The highest BCUT2D eigenvalue weighted by atomic mass is 16.6. The molecule has 1 aromatic heterocycles. The molecule has 2 fully saturated rings. The number of amides is 1. The lowest BCUT2D eigenvalue weighted by atomic mass is 9.94. The highest BCUT2D eigenvalue weighted by molar-refractivity contribution is 5.81. The number of rotatable bonds is 9. The van der Waals surface area contributed by atoms with Gasteiger partial charge in [-0.25, -0.2) is 0 Å². The van der Waals surface area contributed by atoms with Crippen LogP contribution >= 0.6 is 0 Å². The molecule has 2 atom stereocenters. The third-order valence-corrected chi connectivity index (χ3v) is 7.24. The highest BCUT2D eigenvalue weighted by Crippen LogP contribution is 2.37. The summed E-state index contributed by atoms with van der Waals surface area (Å²) in [5, 5.41) is 0. The number of nitrogens with zero attached hydrogens (tertiary/aromatic N) is 2. The smallest absolute Gasteiger partial charge is 0.225 e. The Labute approximate surface area is 205 Å². The maximum absolute atomic E-state index is 12.8. The number of aromatic nitrogens is 1. The predicted molar refractivity (Wildman–Crippen MR) is 131 cm³/mol. The lowest BCUT2D eigenvalue weighted by molar-refractivity contribution is -0.131. The molecule has 3 heterocycles. The maximum atomic E-state index is 12.8. The topological polar surface area (TPSA) is 79.2 Å². The van der Waals surface area contributed by atoms with E-state index in [-0.39, 0.29) is 29.5 Å². The number of fused-ring (bicyclic) bond motifs is 3. The van der Waals surface area contributed by atoms with Gasteiger partial charge in [0.25, 0.3) is 0 Å². The molecule has 0 N–H and O–H groups in total. The van der Waals surface area contributed by atoms with Crippen LogP contribution in [0.4, 0.5) is 0 Å². The van der Waals surface area contributed by atoms with Gasteiger partial charge in [0.05, 0.1) is 18.8 Å². The van der Waals surface area contributed by atoms with Crippen molar-refractivity contribution in [1.29, 1.82) is 0 Å². The Hall–Kier alpha value is -2.84. The zero-order valence-corrected chi connectivity index (χ0v) is 20.7. The highest BCUT2D eigenvalue weighted by Gasteiger charge is 2.37. The van der Waals surface area contributed by atoms with E-state index in [1.807, 2.05) is 24.0 Å². The molecule has 1 aliphatic carbocycles. The number of methoxy groups -OCH3 is 2. The number of pyridine rings is 1. The van der Waals surface area contributed by atoms with Crippen molar-refractivity contribution in [2.75, 3.05) is 40.5 Å². The Balaban J connectivity index is 1.34. The summed E-state index contributed by atoms with van der Waals surface area (Å²) < 4.78 is 24.9. The number of carbonyl (C=O) groups is 1. The van der Waals surface area contributed by atoms with Crippen LogP contribution in [0.1, 0.15) is 30.4 Å². The van der Waals surface area contributed by atoms with Gasteiger partial charge in [0.15, 0.2) is 11.3 Å². The summed E-state index contributed by atoms with van der Waals surface area (Å²) >= 11 is 0. The van der Waals surface area contributed by atoms with Crippen molar-refractivity contribution in [3.05, 3.63) is 45.6 Å². The molecule has 0 spiro atoms. The van der Waals surface area contributed by atoms with Gasteiger partial charge in [-0.3, -0.25) is 9.59 Å². The fraction of sp³-hybridized carbons (Fsp3) is 0.556. The maximum Gasteiger partial charge on any atom is 0.225 e. The Morgan fingerprint density at radius 3 is 2.69 bits per heavy atom. The molecule has 3 aliphatic rings. The third-order valence-electron chi connectivity index (χ3n) is 7.24. The standard InChI is InChI=1S/C27H34N2O6/c1-17-24(30)13-25(34-16-22(33-3)15-32-2)29-11-8-19-12-20(6-7-23(19)26(17)29)35-21-9-10-28(14-21)27(31)18-4-5-18/h6-7,12-13,18,21-22H,4-5,8-11,14-16H2,1-3H3/t21?,22-/m0/s1. The van der Waals surface area contributed by atoms with Crippen LogP contribution in [0.25, 0.3) is 11.3 Å². The summed E-state index contributed by atoms with van der Waals surface area (Å²) in [6.07, 6.45) is 3.54. The molecule has 5 rings (SSSR count). The van der Waals surface area contributed by atoms with Gasteiger partial charge >= 0.3 is 0 Å². The molecule has 188 valence electrons. The first kappa shape index (κ1) is 23.9. The Morgan fingerprint density at radius 1 is 1.11 bits per heavy atom. The van der Waals surface area contributed by atoms with Crippen LogP contribution < -0.4 is 14.9 Å². The van der Waals surface area contributed by atoms with Gasteiger partial charge in [0.1, 0.15) is 24.6 Å². The number of hydrogen-bond donors (Lipinski definition) is 0. The molecule has 35 heavy (non-hydrogen) atoms. The molecular formula is C27H34N2O6. The Kier molecular flexibility index (Phi) is 6.84. The molecule has 8 heteroatoms. The molecule has 8 nitrogen and oxygen atoms in total. The summed E-state index contributed by atoms with van der Waals surface area (Å²) in [5.74, 6) is 1.90. The van der Waals surface area contributed by atoms with Crippen LogP contribution in [0.15, 0.2) is 29.1 Å². The molecular weight excluding hydrogens is 448 g/mol. The van der Waals surface area contributed by atoms with Gasteiger partial charge in [0, 0.05) is 56.8 Å². The normalized spacial score (nSPS) is 19.7. The largest absolute Gasteiger partial charge is 0.489 e. The van der Waals surface area contributed by atoms with Crippen molar-refractivity contribution < 1.29 is 23.7 Å². The lowest BCUT2D eigenvalue weighted by Gasteiger charge is -2.28. The predicted octanol–water partition coefficient (Wildman–Crippen LogP) is 2.81. The van der Waals surface area contributed by atoms with Gasteiger partial charge in [-0.15, -0.1) is 0 Å². The fourth-order valence-electron chi connectivity index (χ4n) is 5.08. The summed E-state index contributed by atoms with van der Waals surface area (Å²) in [4.78, 5) is 27.1. The van der Waals surface area contributed by atoms with Gasteiger partial charge < -0.3 is 28.4 Å². The van der Waals surface area contributed by atoms with Crippen molar-refractivity contribution in [3.8, 4) is 22.9 Å². The molecule has 2 aromatic rings. The minimum Gasteiger partial charge on any atom is -0.489 e. The average Bonchev–Trinajstić information content (AvgIpc) is 3.62. The van der Waals surface area contributed by atoms with Crippen molar-refractivity contribution >= 4 is 5.91 Å². The van der Waals surface area contributed by atoms with E-state index >= 15 is 0 Å². The zero-order chi connectivity index (χ0) is 24.5. The number of ether oxygens (including phenoxy) is 4. The lowest BCUT2D eigenvalue weighted by Crippen LogP contribution is -2.32. The Morgan fingerprint density at radius 2 is 1.94 bits per heavy atom. The van der Waals surface area contributed by atoms with Gasteiger partial charge in [-0.1, -0.05) is 0 Å². The fourth-order valence-corrected chi connectivity index (χ4v) is 5.08. The number of hydrogen-bond acceptors (Lipinski definition) is 6. The van der Waals surface area contributed by atoms with E-state index in [2.05, 4.69) is 10.6 Å². The minimum absolute atomic E-state index is 0.0248. The molecule has 2 aliphatic heterocycles. The van der Waals surface area contributed by atoms with Crippen molar-refractivity contribution in [2.45, 2.75) is 51.4 Å². The van der Waals surface area contributed by atoms with E-state index in [0.29, 0.717) is 37.7 Å². The first-order valence-corrected chi connectivity index (χ1v) is 12.5. The van der Waals surface area contributed by atoms with Crippen LogP contribution in [0.3, 0.4) is 0 Å². The van der Waals surface area contributed by atoms with Gasteiger partial charge in [0.2, 0.25) is 5.91 Å². The Bertz CT molecular complexity index is 1160. The second kappa shape index (κ2) is 10.0. The van der Waals surface area contributed by atoms with E-state index < -0.39 is 0 Å². The number of aryl methyl sites for hydroxylation is 1. The number of carbonyl (C=O) groups excluding carboxylic acids is 1. The monoisotopic (exact) mass is 482 g/mol. The van der Waals surface area contributed by atoms with E-state index in [0.717, 1.165) is 54.8 Å². The van der Waals surface area contributed by atoms with Crippen LogP contribution in [0.5, 0.6) is 11.6 Å². The molecule has 1 amide bonds. The van der Waals surface area contributed by atoms with Crippen LogP contribution in [-0.4, -0.2) is 68.1 Å². The second-order valence-electron chi connectivity index (χ2n) is 9.75. The van der Waals surface area contributed by atoms with E-state index in [9.17, 15) is 9.59 Å². The van der Waals surface area contributed by atoms with E-state index in [1.54, 1.807) is 20.3 Å². The van der Waals surface area contributed by atoms with Crippen molar-refractivity contribution in [1.82, 2.24) is 9.47 Å². The quantitative estimate of drug-likeness (QED) is 0.547. The second-order valence-corrected chi connectivity index (χ2v) is 9.75. The zero-order valence-electron chi connectivity index (χ0n) is 20.7. The van der Waals surface area contributed by atoms with Crippen LogP contribution in [-0.2, 0) is 27.2 Å². The summed E-state index contributed by atoms with van der Waals surface area (Å²) in [7, 11) is 3.24. The van der Waals surface area contributed by atoms with Gasteiger partial charge in [-0.2, -0.15) is 0 Å². The SMILES string of the molecule is COC[C@@H](COc1cc(=O)c(C)c2n1CCc1cc(OC3CCN(C(=O)C4CC4)C3)ccc1-2)OC. The number of likely N-dealkylation sites (tertiary alicyclic amines) is 1.